The molecule has 0 heterocycles. The molecular formula is C27H31N3O4S. The lowest BCUT2D eigenvalue weighted by Gasteiger charge is -2.32. The Hall–Kier alpha value is -3.65. The molecule has 3 aromatic rings. The predicted octanol–water partition coefficient (Wildman–Crippen LogP) is 3.74. The van der Waals surface area contributed by atoms with E-state index in [4.69, 9.17) is 0 Å². The largest absolute Gasteiger partial charge is 0.355 e. The number of para-hydroxylation sites is 1. The first-order chi connectivity index (χ1) is 16.7. The van der Waals surface area contributed by atoms with E-state index in [9.17, 15) is 18.0 Å². The van der Waals surface area contributed by atoms with Crippen LogP contribution in [0.4, 0.5) is 5.69 Å². The lowest BCUT2D eigenvalue weighted by atomic mass is 10.1. The summed E-state index contributed by atoms with van der Waals surface area (Å²) in [6.07, 6.45) is 0. The molecule has 1 N–H and O–H groups in total. The minimum atomic E-state index is -4.03. The smallest absolute Gasteiger partial charge is 0.264 e. The molecule has 0 aliphatic rings. The number of nitrogens with one attached hydrogen (secondary N) is 1. The number of likely N-dealkylation sites (N-methyl/N-ethyl adjacent to an activating group) is 1. The topological polar surface area (TPSA) is 86.8 Å². The molecule has 184 valence electrons. The molecule has 0 radical (unpaired) electrons. The van der Waals surface area contributed by atoms with E-state index in [0.717, 1.165) is 15.4 Å². The van der Waals surface area contributed by atoms with Crippen molar-refractivity contribution in [1.29, 1.82) is 0 Å². The number of hydrogen-bond donors (Lipinski definition) is 1. The number of benzene rings is 3. The van der Waals surface area contributed by atoms with E-state index < -0.39 is 28.5 Å². The normalized spacial score (nSPS) is 12.0. The van der Waals surface area contributed by atoms with Gasteiger partial charge in [-0.05, 0) is 50.6 Å². The average molecular weight is 494 g/mol. The molecule has 7 nitrogen and oxygen atoms in total. The molecule has 3 rings (SSSR count). The number of rotatable bonds is 10. The standard InChI is InChI=1S/C27H31N3O4S/c1-4-28-27(32)22(3)29(19-23-17-15-21(2)16-18-23)26(31)20-30(24-11-7-5-8-12-24)35(33,34)25-13-9-6-10-14-25/h5-18,22H,4,19-20H2,1-3H3,(H,28,32)/t22-/m0/s1. The summed E-state index contributed by atoms with van der Waals surface area (Å²) in [7, 11) is -4.03. The molecule has 0 aliphatic heterocycles. The number of carbonyl (C=O) groups excluding carboxylic acids is 2. The molecule has 0 unspecified atom stereocenters. The van der Waals surface area contributed by atoms with Gasteiger partial charge in [-0.2, -0.15) is 0 Å². The molecule has 0 fully saturated rings. The van der Waals surface area contributed by atoms with Crippen LogP contribution in [0.3, 0.4) is 0 Å². The molecule has 3 aromatic carbocycles. The van der Waals surface area contributed by atoms with Crippen molar-refractivity contribution in [3.63, 3.8) is 0 Å². The average Bonchev–Trinajstić information content (AvgIpc) is 2.87. The Balaban J connectivity index is 1.98. The maximum absolute atomic E-state index is 13.7. The van der Waals surface area contributed by atoms with Crippen LogP contribution in [-0.2, 0) is 26.2 Å². The highest BCUT2D eigenvalue weighted by Crippen LogP contribution is 2.24. The lowest BCUT2D eigenvalue weighted by molar-refractivity contribution is -0.139. The molecule has 0 saturated heterocycles. The summed E-state index contributed by atoms with van der Waals surface area (Å²) >= 11 is 0. The van der Waals surface area contributed by atoms with Gasteiger partial charge in [0.2, 0.25) is 11.8 Å². The van der Waals surface area contributed by atoms with Gasteiger partial charge < -0.3 is 10.2 Å². The first kappa shape index (κ1) is 26.0. The summed E-state index contributed by atoms with van der Waals surface area (Å²) in [4.78, 5) is 27.8. The minimum Gasteiger partial charge on any atom is -0.355 e. The molecule has 35 heavy (non-hydrogen) atoms. The van der Waals surface area contributed by atoms with Crippen LogP contribution in [0.1, 0.15) is 25.0 Å². The van der Waals surface area contributed by atoms with Gasteiger partial charge >= 0.3 is 0 Å². The first-order valence-corrected chi connectivity index (χ1v) is 12.9. The van der Waals surface area contributed by atoms with Crippen LogP contribution in [-0.4, -0.2) is 44.3 Å². The number of sulfonamides is 1. The minimum absolute atomic E-state index is 0.0820. The van der Waals surface area contributed by atoms with E-state index in [1.165, 1.54) is 17.0 Å². The summed E-state index contributed by atoms with van der Waals surface area (Å²) in [6, 6.07) is 23.4. The second-order valence-electron chi connectivity index (χ2n) is 8.24. The van der Waals surface area contributed by atoms with Crippen LogP contribution in [0.2, 0.25) is 0 Å². The van der Waals surface area contributed by atoms with Gasteiger partial charge in [-0.25, -0.2) is 8.42 Å². The first-order valence-electron chi connectivity index (χ1n) is 11.5. The third-order valence-electron chi connectivity index (χ3n) is 5.65. The van der Waals surface area contributed by atoms with E-state index in [2.05, 4.69) is 5.32 Å². The number of nitrogens with zero attached hydrogens (tertiary/aromatic N) is 2. The summed E-state index contributed by atoms with van der Waals surface area (Å²) in [5.41, 5.74) is 2.29. The highest BCUT2D eigenvalue weighted by Gasteiger charge is 2.32. The van der Waals surface area contributed by atoms with Crippen LogP contribution in [0.5, 0.6) is 0 Å². The summed E-state index contributed by atoms with van der Waals surface area (Å²) in [6.45, 7) is 5.57. The third-order valence-corrected chi connectivity index (χ3v) is 7.43. The van der Waals surface area contributed by atoms with Crippen LogP contribution in [0, 0.1) is 6.92 Å². The van der Waals surface area contributed by atoms with Crippen LogP contribution in [0.15, 0.2) is 89.8 Å². The highest BCUT2D eigenvalue weighted by molar-refractivity contribution is 7.92. The number of aryl methyl sites for hydroxylation is 1. The lowest BCUT2D eigenvalue weighted by Crippen LogP contribution is -2.51. The summed E-state index contributed by atoms with van der Waals surface area (Å²) in [5, 5.41) is 2.75. The quantitative estimate of drug-likeness (QED) is 0.466. The molecular weight excluding hydrogens is 462 g/mol. The third kappa shape index (κ3) is 6.48. The van der Waals surface area contributed by atoms with Gasteiger partial charge in [0.25, 0.3) is 10.0 Å². The van der Waals surface area contributed by atoms with Crippen molar-refractivity contribution in [2.45, 2.75) is 38.3 Å². The van der Waals surface area contributed by atoms with Crippen molar-refractivity contribution < 1.29 is 18.0 Å². The SMILES string of the molecule is CCNC(=O)[C@H](C)N(Cc1ccc(C)cc1)C(=O)CN(c1ccccc1)S(=O)(=O)c1ccccc1. The number of amides is 2. The molecule has 2 amide bonds. The second kappa shape index (κ2) is 11.7. The number of anilines is 1. The monoisotopic (exact) mass is 493 g/mol. The van der Waals surface area contributed by atoms with E-state index in [1.807, 2.05) is 31.2 Å². The summed E-state index contributed by atoms with van der Waals surface area (Å²) < 4.78 is 28.2. The van der Waals surface area contributed by atoms with E-state index in [-0.39, 0.29) is 17.3 Å². The Labute approximate surface area is 207 Å². The molecule has 1 atom stereocenters. The van der Waals surface area contributed by atoms with E-state index in [1.54, 1.807) is 62.4 Å². The van der Waals surface area contributed by atoms with Gasteiger partial charge in [-0.15, -0.1) is 0 Å². The Morgan fingerprint density at radius 2 is 1.46 bits per heavy atom. The number of carbonyl (C=O) groups is 2. The zero-order valence-electron chi connectivity index (χ0n) is 20.2. The second-order valence-corrected chi connectivity index (χ2v) is 10.1. The van der Waals surface area contributed by atoms with Gasteiger partial charge in [-0.1, -0.05) is 66.2 Å². The maximum atomic E-state index is 13.7. The molecule has 0 aromatic heterocycles. The summed E-state index contributed by atoms with van der Waals surface area (Å²) in [5.74, 6) is -0.780. The van der Waals surface area contributed by atoms with Gasteiger partial charge in [0.15, 0.2) is 0 Å². The molecule has 8 heteroatoms. The van der Waals surface area contributed by atoms with Gasteiger partial charge in [0, 0.05) is 13.1 Å². The van der Waals surface area contributed by atoms with Crippen LogP contribution in [0.25, 0.3) is 0 Å². The fourth-order valence-electron chi connectivity index (χ4n) is 3.64. The van der Waals surface area contributed by atoms with Gasteiger partial charge in [0.05, 0.1) is 10.6 Å². The van der Waals surface area contributed by atoms with E-state index >= 15 is 0 Å². The van der Waals surface area contributed by atoms with Crippen molar-refractivity contribution in [1.82, 2.24) is 10.2 Å². The molecule has 0 bridgehead atoms. The predicted molar refractivity (Wildman–Crippen MR) is 137 cm³/mol. The highest BCUT2D eigenvalue weighted by atomic mass is 32.2. The molecule has 0 spiro atoms. The van der Waals surface area contributed by atoms with Crippen molar-refractivity contribution in [3.05, 3.63) is 96.1 Å². The molecule has 0 saturated carbocycles. The van der Waals surface area contributed by atoms with Gasteiger partial charge in [-0.3, -0.25) is 13.9 Å². The zero-order valence-corrected chi connectivity index (χ0v) is 21.0. The van der Waals surface area contributed by atoms with Gasteiger partial charge in [0.1, 0.15) is 12.6 Å². The van der Waals surface area contributed by atoms with E-state index in [0.29, 0.717) is 12.2 Å². The van der Waals surface area contributed by atoms with Crippen molar-refractivity contribution in [3.8, 4) is 0 Å². The van der Waals surface area contributed by atoms with Crippen LogP contribution >= 0.6 is 0 Å². The van der Waals surface area contributed by atoms with Crippen molar-refractivity contribution >= 4 is 27.5 Å². The van der Waals surface area contributed by atoms with Crippen molar-refractivity contribution in [2.75, 3.05) is 17.4 Å². The van der Waals surface area contributed by atoms with Crippen LogP contribution < -0.4 is 9.62 Å². The fraction of sp³-hybridized carbons (Fsp3) is 0.259. The Morgan fingerprint density at radius 3 is 2.03 bits per heavy atom. The maximum Gasteiger partial charge on any atom is 0.264 e. The Kier molecular flexibility index (Phi) is 8.65. The Morgan fingerprint density at radius 1 is 0.886 bits per heavy atom. The zero-order chi connectivity index (χ0) is 25.4. The molecule has 0 aliphatic carbocycles. The fourth-order valence-corrected chi connectivity index (χ4v) is 5.07. The Bertz CT molecular complexity index is 1230. The number of hydrogen-bond acceptors (Lipinski definition) is 4. The van der Waals surface area contributed by atoms with Crippen molar-refractivity contribution in [2.24, 2.45) is 0 Å².